The summed E-state index contributed by atoms with van der Waals surface area (Å²) in [6.45, 7) is 1.66. The Morgan fingerprint density at radius 1 is 0.783 bits per heavy atom. The van der Waals surface area contributed by atoms with E-state index in [0.717, 1.165) is 0 Å². The molecule has 0 aliphatic rings. The molecule has 0 radical (unpaired) electrons. The van der Waals surface area contributed by atoms with Gasteiger partial charge in [0.25, 0.3) is 0 Å². The van der Waals surface area contributed by atoms with Crippen LogP contribution in [0.5, 0.6) is 0 Å². The number of hydrogen-bond acceptors (Lipinski definition) is 3. The molecule has 0 aliphatic heterocycles. The van der Waals surface area contributed by atoms with Gasteiger partial charge >= 0.3 is 0 Å². The standard InChI is InChI=1S/C20H26N2O/c1-15(23)14-20(16-6-10-18(11-7-16)21(2)3)17-8-12-19(13-9-17)22(4)5/h6-13,20H,14H2,1-5H3. The quantitative estimate of drug-likeness (QED) is 0.807. The van der Waals surface area contributed by atoms with Crippen molar-refractivity contribution >= 4 is 17.2 Å². The van der Waals surface area contributed by atoms with Crippen LogP contribution in [0.4, 0.5) is 11.4 Å². The topological polar surface area (TPSA) is 23.6 Å². The molecule has 0 heterocycles. The van der Waals surface area contributed by atoms with E-state index in [1.807, 2.05) is 28.2 Å². The van der Waals surface area contributed by atoms with E-state index in [9.17, 15) is 4.79 Å². The zero-order valence-electron chi connectivity index (χ0n) is 14.7. The molecule has 0 fully saturated rings. The summed E-state index contributed by atoms with van der Waals surface area (Å²) in [4.78, 5) is 15.9. The zero-order chi connectivity index (χ0) is 17.0. The molecule has 0 spiro atoms. The molecule has 0 aromatic heterocycles. The Hall–Kier alpha value is -2.29. The molecule has 122 valence electrons. The van der Waals surface area contributed by atoms with Crippen molar-refractivity contribution in [1.29, 1.82) is 0 Å². The second kappa shape index (κ2) is 7.32. The number of carbonyl (C=O) groups excluding carboxylic acids is 1. The number of rotatable bonds is 6. The lowest BCUT2D eigenvalue weighted by Crippen LogP contribution is -2.11. The van der Waals surface area contributed by atoms with Crippen LogP contribution in [0.15, 0.2) is 48.5 Å². The van der Waals surface area contributed by atoms with Crippen LogP contribution in [0.3, 0.4) is 0 Å². The lowest BCUT2D eigenvalue weighted by Gasteiger charge is -2.20. The summed E-state index contributed by atoms with van der Waals surface area (Å²) >= 11 is 0. The second-order valence-corrected chi connectivity index (χ2v) is 6.43. The molecule has 0 saturated carbocycles. The minimum atomic E-state index is 0.111. The van der Waals surface area contributed by atoms with Gasteiger partial charge in [-0.15, -0.1) is 0 Å². The van der Waals surface area contributed by atoms with Crippen LogP contribution >= 0.6 is 0 Å². The van der Waals surface area contributed by atoms with Crippen LogP contribution in [0, 0.1) is 0 Å². The van der Waals surface area contributed by atoms with Gasteiger partial charge in [0.05, 0.1) is 0 Å². The Kier molecular flexibility index (Phi) is 5.43. The SMILES string of the molecule is CC(=O)CC(c1ccc(N(C)C)cc1)c1ccc(N(C)C)cc1. The highest BCUT2D eigenvalue weighted by atomic mass is 16.1. The molecule has 0 aliphatic carbocycles. The van der Waals surface area contributed by atoms with E-state index in [0.29, 0.717) is 6.42 Å². The first kappa shape index (κ1) is 17.1. The fourth-order valence-corrected chi connectivity index (χ4v) is 2.73. The van der Waals surface area contributed by atoms with Crippen LogP contribution in [-0.2, 0) is 4.79 Å². The van der Waals surface area contributed by atoms with Crippen LogP contribution in [0.1, 0.15) is 30.4 Å². The molecule has 3 nitrogen and oxygen atoms in total. The molecule has 3 heteroatoms. The molecule has 0 atom stereocenters. The van der Waals surface area contributed by atoms with Crippen molar-refractivity contribution < 1.29 is 4.79 Å². The first-order chi connectivity index (χ1) is 10.9. The van der Waals surface area contributed by atoms with E-state index >= 15 is 0 Å². The van der Waals surface area contributed by atoms with Gasteiger partial charge in [-0.25, -0.2) is 0 Å². The van der Waals surface area contributed by atoms with Gasteiger partial charge in [0.2, 0.25) is 0 Å². The maximum absolute atomic E-state index is 11.7. The van der Waals surface area contributed by atoms with E-state index in [4.69, 9.17) is 0 Å². The number of nitrogens with zero attached hydrogens (tertiary/aromatic N) is 2. The monoisotopic (exact) mass is 310 g/mol. The van der Waals surface area contributed by atoms with Crippen LogP contribution in [0.2, 0.25) is 0 Å². The highest BCUT2D eigenvalue weighted by Gasteiger charge is 2.16. The molecule has 0 unspecified atom stereocenters. The average Bonchev–Trinajstić information content (AvgIpc) is 2.52. The van der Waals surface area contributed by atoms with Gasteiger partial charge in [-0.3, -0.25) is 4.79 Å². The van der Waals surface area contributed by atoms with E-state index in [-0.39, 0.29) is 11.7 Å². The zero-order valence-corrected chi connectivity index (χ0v) is 14.7. The van der Waals surface area contributed by atoms with Gasteiger partial charge in [-0.1, -0.05) is 24.3 Å². The van der Waals surface area contributed by atoms with E-state index < -0.39 is 0 Å². The smallest absolute Gasteiger partial charge is 0.130 e. The minimum Gasteiger partial charge on any atom is -0.378 e. The predicted octanol–water partition coefficient (Wildman–Crippen LogP) is 3.93. The Morgan fingerprint density at radius 2 is 1.13 bits per heavy atom. The fourth-order valence-electron chi connectivity index (χ4n) is 2.73. The minimum absolute atomic E-state index is 0.111. The van der Waals surface area contributed by atoms with Crippen molar-refractivity contribution in [1.82, 2.24) is 0 Å². The van der Waals surface area contributed by atoms with Crippen molar-refractivity contribution in [3.63, 3.8) is 0 Å². The molecule has 2 aromatic rings. The first-order valence-electron chi connectivity index (χ1n) is 7.92. The fraction of sp³-hybridized carbons (Fsp3) is 0.350. The normalized spacial score (nSPS) is 10.7. The number of ketones is 1. The molecule has 23 heavy (non-hydrogen) atoms. The highest BCUT2D eigenvalue weighted by Crippen LogP contribution is 2.30. The maximum Gasteiger partial charge on any atom is 0.130 e. The summed E-state index contributed by atoms with van der Waals surface area (Å²) in [5.74, 6) is 0.322. The van der Waals surface area contributed by atoms with Crippen LogP contribution < -0.4 is 9.80 Å². The third kappa shape index (κ3) is 4.35. The van der Waals surface area contributed by atoms with Crippen LogP contribution in [-0.4, -0.2) is 34.0 Å². The third-order valence-electron chi connectivity index (χ3n) is 4.12. The summed E-state index contributed by atoms with van der Waals surface area (Å²) in [5, 5.41) is 0. The number of Topliss-reactive ketones (excluding diaryl/α,β-unsaturated/α-hetero) is 1. The number of carbonyl (C=O) groups is 1. The molecular weight excluding hydrogens is 284 g/mol. The van der Waals surface area contributed by atoms with Crippen molar-refractivity contribution in [2.45, 2.75) is 19.3 Å². The largest absolute Gasteiger partial charge is 0.378 e. The van der Waals surface area contributed by atoms with E-state index in [2.05, 4.69) is 58.3 Å². The van der Waals surface area contributed by atoms with Gasteiger partial charge in [-0.05, 0) is 42.3 Å². The van der Waals surface area contributed by atoms with Gasteiger partial charge in [0, 0.05) is 51.9 Å². The summed E-state index contributed by atoms with van der Waals surface area (Å²) < 4.78 is 0. The van der Waals surface area contributed by atoms with Gasteiger partial charge in [0.1, 0.15) is 5.78 Å². The molecule has 0 amide bonds. The molecule has 0 N–H and O–H groups in total. The molecular formula is C20H26N2O. The first-order valence-corrected chi connectivity index (χ1v) is 7.92. The Bertz CT molecular complexity index is 591. The molecule has 2 rings (SSSR count). The Balaban J connectivity index is 2.34. The Morgan fingerprint density at radius 3 is 1.39 bits per heavy atom. The average molecular weight is 310 g/mol. The highest BCUT2D eigenvalue weighted by molar-refractivity contribution is 5.77. The molecule has 0 saturated heterocycles. The lowest BCUT2D eigenvalue weighted by molar-refractivity contribution is -0.117. The number of hydrogen-bond donors (Lipinski definition) is 0. The second-order valence-electron chi connectivity index (χ2n) is 6.43. The summed E-state index contributed by atoms with van der Waals surface area (Å²) in [5.41, 5.74) is 4.70. The number of anilines is 2. The van der Waals surface area contributed by atoms with Crippen molar-refractivity contribution in [3.05, 3.63) is 59.7 Å². The van der Waals surface area contributed by atoms with E-state index in [1.165, 1.54) is 22.5 Å². The van der Waals surface area contributed by atoms with E-state index in [1.54, 1.807) is 6.92 Å². The summed E-state index contributed by atoms with van der Waals surface area (Å²) in [6.07, 6.45) is 0.530. The van der Waals surface area contributed by atoms with Crippen molar-refractivity contribution in [2.24, 2.45) is 0 Å². The summed E-state index contributed by atoms with van der Waals surface area (Å²) in [7, 11) is 8.12. The molecule has 0 bridgehead atoms. The lowest BCUT2D eigenvalue weighted by atomic mass is 9.87. The van der Waals surface area contributed by atoms with Gasteiger partial charge < -0.3 is 9.80 Å². The Labute approximate surface area is 139 Å². The van der Waals surface area contributed by atoms with Gasteiger partial charge in [0.15, 0.2) is 0 Å². The maximum atomic E-state index is 11.7. The van der Waals surface area contributed by atoms with Gasteiger partial charge in [-0.2, -0.15) is 0 Å². The third-order valence-corrected chi connectivity index (χ3v) is 4.12. The number of benzene rings is 2. The van der Waals surface area contributed by atoms with Crippen molar-refractivity contribution in [2.75, 3.05) is 38.0 Å². The summed E-state index contributed by atoms with van der Waals surface area (Å²) in [6, 6.07) is 16.9. The van der Waals surface area contributed by atoms with Crippen molar-refractivity contribution in [3.8, 4) is 0 Å². The molecule has 2 aromatic carbocycles. The van der Waals surface area contributed by atoms with Crippen LogP contribution in [0.25, 0.3) is 0 Å². The predicted molar refractivity (Wildman–Crippen MR) is 98.7 cm³/mol.